The van der Waals surface area contributed by atoms with E-state index in [0.29, 0.717) is 41.6 Å². The number of carbonyl (C=O) groups is 1. The predicted octanol–water partition coefficient (Wildman–Crippen LogP) is 4.16. The molecule has 1 aliphatic heterocycles. The number of methoxy groups -OCH3 is 2. The smallest absolute Gasteiger partial charge is 0.243 e. The van der Waals surface area contributed by atoms with E-state index in [4.69, 9.17) is 21.1 Å². The molecular weight excluding hydrogens is 496 g/mol. The molecule has 0 aromatic heterocycles. The fourth-order valence-electron chi connectivity index (χ4n) is 3.32. The van der Waals surface area contributed by atoms with Crippen molar-refractivity contribution < 1.29 is 22.7 Å². The van der Waals surface area contributed by atoms with Gasteiger partial charge in [0.15, 0.2) is 0 Å². The Morgan fingerprint density at radius 3 is 2.47 bits per heavy atom. The Labute approximate surface area is 189 Å². The number of piperidine rings is 1. The van der Waals surface area contributed by atoms with Crippen molar-refractivity contribution in [3.05, 3.63) is 45.9 Å². The lowest BCUT2D eigenvalue weighted by molar-refractivity contribution is -0.120. The standard InChI is InChI=1S/C20H22BrClN2O5S/c1-28-18-11-17(19(29-2)10-16(18)22)23-20(25)13-4-3-9-24(12-13)30(26,27)15-7-5-14(21)6-8-15/h5-8,10-11,13H,3-4,9,12H2,1-2H3,(H,23,25)/t13-/m0/s1. The van der Waals surface area contributed by atoms with E-state index in [-0.39, 0.29) is 17.3 Å². The number of amides is 1. The third-order valence-corrected chi connectivity index (χ3v) is 7.64. The second-order valence-electron chi connectivity index (χ2n) is 6.83. The maximum atomic E-state index is 13.0. The normalized spacial score (nSPS) is 17.4. The maximum absolute atomic E-state index is 13.0. The molecule has 30 heavy (non-hydrogen) atoms. The highest BCUT2D eigenvalue weighted by atomic mass is 79.9. The van der Waals surface area contributed by atoms with Crippen molar-refractivity contribution >= 4 is 49.1 Å². The van der Waals surface area contributed by atoms with Gasteiger partial charge in [0.25, 0.3) is 0 Å². The van der Waals surface area contributed by atoms with Crippen LogP contribution in [-0.4, -0.2) is 45.9 Å². The molecule has 1 atom stereocenters. The Morgan fingerprint density at radius 1 is 1.17 bits per heavy atom. The van der Waals surface area contributed by atoms with Crippen LogP contribution in [0.2, 0.25) is 5.02 Å². The lowest BCUT2D eigenvalue weighted by Gasteiger charge is -2.31. The number of rotatable bonds is 6. The minimum Gasteiger partial charge on any atom is -0.495 e. The quantitative estimate of drug-likeness (QED) is 0.622. The number of anilines is 1. The molecule has 0 saturated carbocycles. The van der Waals surface area contributed by atoms with Crippen molar-refractivity contribution in [3.63, 3.8) is 0 Å². The average Bonchev–Trinajstić information content (AvgIpc) is 2.75. The Morgan fingerprint density at radius 2 is 1.83 bits per heavy atom. The molecule has 1 saturated heterocycles. The SMILES string of the molecule is COc1cc(NC(=O)[C@H]2CCCN(S(=O)(=O)c3ccc(Br)cc3)C2)c(OC)cc1Cl. The van der Waals surface area contributed by atoms with Crippen molar-refractivity contribution in [2.24, 2.45) is 5.92 Å². The lowest BCUT2D eigenvalue weighted by atomic mass is 9.98. The second kappa shape index (κ2) is 9.55. The number of hydrogen-bond donors (Lipinski definition) is 1. The summed E-state index contributed by atoms with van der Waals surface area (Å²) >= 11 is 9.41. The van der Waals surface area contributed by atoms with E-state index in [0.717, 1.165) is 4.47 Å². The highest BCUT2D eigenvalue weighted by molar-refractivity contribution is 9.10. The van der Waals surface area contributed by atoms with Crippen LogP contribution in [0.4, 0.5) is 5.69 Å². The van der Waals surface area contributed by atoms with Gasteiger partial charge in [0.1, 0.15) is 11.5 Å². The van der Waals surface area contributed by atoms with Gasteiger partial charge >= 0.3 is 0 Å². The fourth-order valence-corrected chi connectivity index (χ4v) is 5.34. The van der Waals surface area contributed by atoms with Gasteiger partial charge in [0, 0.05) is 29.7 Å². The zero-order valence-corrected chi connectivity index (χ0v) is 19.7. The van der Waals surface area contributed by atoms with Crippen molar-refractivity contribution in [2.75, 3.05) is 32.6 Å². The van der Waals surface area contributed by atoms with E-state index in [9.17, 15) is 13.2 Å². The summed E-state index contributed by atoms with van der Waals surface area (Å²) in [6.45, 7) is 0.484. The van der Waals surface area contributed by atoms with Gasteiger partial charge in [-0.15, -0.1) is 0 Å². The van der Waals surface area contributed by atoms with Gasteiger partial charge < -0.3 is 14.8 Å². The number of nitrogens with zero attached hydrogens (tertiary/aromatic N) is 1. The predicted molar refractivity (Wildman–Crippen MR) is 119 cm³/mol. The first kappa shape index (κ1) is 22.9. The number of halogens is 2. The highest BCUT2D eigenvalue weighted by Crippen LogP contribution is 2.36. The first-order valence-corrected chi connectivity index (χ1v) is 11.9. The fraction of sp³-hybridized carbons (Fsp3) is 0.350. The van der Waals surface area contributed by atoms with Crippen molar-refractivity contribution in [1.29, 1.82) is 0 Å². The lowest BCUT2D eigenvalue weighted by Crippen LogP contribution is -2.43. The average molecular weight is 518 g/mol. The van der Waals surface area contributed by atoms with E-state index in [1.54, 1.807) is 36.4 Å². The van der Waals surface area contributed by atoms with Crippen molar-refractivity contribution in [3.8, 4) is 11.5 Å². The Balaban J connectivity index is 1.77. The van der Waals surface area contributed by atoms with Crippen LogP contribution in [-0.2, 0) is 14.8 Å². The molecule has 7 nitrogen and oxygen atoms in total. The summed E-state index contributed by atoms with van der Waals surface area (Å²) in [4.78, 5) is 13.1. The molecule has 162 valence electrons. The van der Waals surface area contributed by atoms with Crippen LogP contribution < -0.4 is 14.8 Å². The summed E-state index contributed by atoms with van der Waals surface area (Å²) in [5.41, 5.74) is 0.414. The number of nitrogens with one attached hydrogen (secondary N) is 1. The van der Waals surface area contributed by atoms with Gasteiger partial charge in [0.2, 0.25) is 15.9 Å². The Kier molecular flexibility index (Phi) is 7.28. The third kappa shape index (κ3) is 4.91. The molecule has 2 aromatic rings. The molecule has 0 spiro atoms. The molecule has 0 radical (unpaired) electrons. The molecule has 0 bridgehead atoms. The van der Waals surface area contributed by atoms with Crippen LogP contribution in [0.5, 0.6) is 11.5 Å². The number of ether oxygens (including phenoxy) is 2. The van der Waals surface area contributed by atoms with Gasteiger partial charge in [-0.25, -0.2) is 8.42 Å². The van der Waals surface area contributed by atoms with Crippen LogP contribution in [0.15, 0.2) is 45.8 Å². The van der Waals surface area contributed by atoms with Crippen LogP contribution in [0.25, 0.3) is 0 Å². The second-order valence-corrected chi connectivity index (χ2v) is 10.1. The summed E-state index contributed by atoms with van der Waals surface area (Å²) < 4.78 is 38.6. The summed E-state index contributed by atoms with van der Waals surface area (Å²) in [5, 5.41) is 3.18. The van der Waals surface area contributed by atoms with Gasteiger partial charge in [-0.3, -0.25) is 4.79 Å². The topological polar surface area (TPSA) is 84.9 Å². The number of hydrogen-bond acceptors (Lipinski definition) is 5. The summed E-state index contributed by atoms with van der Waals surface area (Å²) in [5.74, 6) is 0.0175. The molecule has 1 aliphatic rings. The number of sulfonamides is 1. The van der Waals surface area contributed by atoms with Gasteiger partial charge in [-0.2, -0.15) is 4.31 Å². The molecular formula is C20H22BrClN2O5S. The minimum absolute atomic E-state index is 0.108. The molecule has 0 unspecified atom stereocenters. The first-order valence-electron chi connectivity index (χ1n) is 9.24. The third-order valence-electron chi connectivity index (χ3n) is 4.94. The molecule has 10 heteroatoms. The van der Waals surface area contributed by atoms with Crippen LogP contribution >= 0.6 is 27.5 Å². The van der Waals surface area contributed by atoms with Crippen molar-refractivity contribution in [1.82, 2.24) is 4.31 Å². The Hall–Kier alpha value is -1.81. The Bertz CT molecular complexity index is 1030. The van der Waals surface area contributed by atoms with E-state index < -0.39 is 15.9 Å². The van der Waals surface area contributed by atoms with Crippen LogP contribution in [0, 0.1) is 5.92 Å². The molecule has 0 aliphatic carbocycles. The monoisotopic (exact) mass is 516 g/mol. The van der Waals surface area contributed by atoms with Gasteiger partial charge in [-0.1, -0.05) is 27.5 Å². The largest absolute Gasteiger partial charge is 0.495 e. The highest BCUT2D eigenvalue weighted by Gasteiger charge is 2.33. The molecule has 1 fully saturated rings. The van der Waals surface area contributed by atoms with E-state index in [2.05, 4.69) is 21.2 Å². The van der Waals surface area contributed by atoms with Crippen LogP contribution in [0.3, 0.4) is 0 Å². The van der Waals surface area contributed by atoms with Crippen molar-refractivity contribution in [2.45, 2.75) is 17.7 Å². The molecule has 1 amide bonds. The first-order chi connectivity index (χ1) is 14.3. The van der Waals surface area contributed by atoms with Gasteiger partial charge in [0.05, 0.1) is 35.7 Å². The van der Waals surface area contributed by atoms with E-state index >= 15 is 0 Å². The molecule has 1 N–H and O–H groups in total. The summed E-state index contributed by atoms with van der Waals surface area (Å²) in [6.07, 6.45) is 1.18. The molecule has 2 aromatic carbocycles. The molecule has 3 rings (SSSR count). The summed E-state index contributed by atoms with van der Waals surface area (Å²) in [7, 11) is -0.726. The number of benzene rings is 2. The maximum Gasteiger partial charge on any atom is 0.243 e. The zero-order valence-electron chi connectivity index (χ0n) is 16.5. The van der Waals surface area contributed by atoms with E-state index in [1.165, 1.54) is 18.5 Å². The van der Waals surface area contributed by atoms with E-state index in [1.807, 2.05) is 0 Å². The number of carbonyl (C=O) groups excluding carboxylic acids is 1. The van der Waals surface area contributed by atoms with Crippen LogP contribution in [0.1, 0.15) is 12.8 Å². The van der Waals surface area contributed by atoms with Gasteiger partial charge in [-0.05, 0) is 37.1 Å². The zero-order chi connectivity index (χ0) is 21.9. The minimum atomic E-state index is -3.68. The molecule has 1 heterocycles. The summed E-state index contributed by atoms with van der Waals surface area (Å²) in [6, 6.07) is 9.60.